The standard InChI is InChI=1S/C11H22N2O2/c1-11(2,3)13(10(14)15)7-4-5-9(12)6-8-13/h9H,4-8,12H2,1-3H3/p+1. The predicted octanol–water partition coefficient (Wildman–Crippen LogP) is 1.79. The minimum Gasteiger partial charge on any atom is -0.435 e. The normalized spacial score (nSPS) is 33.5. The lowest BCUT2D eigenvalue weighted by molar-refractivity contribution is -0.902. The first-order valence-electron chi connectivity index (χ1n) is 5.66. The molecule has 1 aliphatic heterocycles. The number of amides is 1. The van der Waals surface area contributed by atoms with Crippen LogP contribution in [0.3, 0.4) is 0 Å². The lowest BCUT2D eigenvalue weighted by Gasteiger charge is -2.42. The maximum absolute atomic E-state index is 11.5. The van der Waals surface area contributed by atoms with E-state index in [9.17, 15) is 9.90 Å². The summed E-state index contributed by atoms with van der Waals surface area (Å²) < 4.78 is 0.153. The van der Waals surface area contributed by atoms with Crippen LogP contribution in [0.5, 0.6) is 0 Å². The summed E-state index contributed by atoms with van der Waals surface area (Å²) in [5, 5.41) is 9.47. The molecule has 0 bridgehead atoms. The SMILES string of the molecule is CC(C)(C)[N+]1(C(=O)O)CCCC(N)CC1. The van der Waals surface area contributed by atoms with Crippen molar-refractivity contribution in [3.05, 3.63) is 0 Å². The lowest BCUT2D eigenvalue weighted by atomic mass is 10.0. The van der Waals surface area contributed by atoms with Gasteiger partial charge in [-0.3, -0.25) is 0 Å². The van der Waals surface area contributed by atoms with Crippen LogP contribution in [-0.2, 0) is 0 Å². The van der Waals surface area contributed by atoms with Gasteiger partial charge in [-0.15, -0.1) is 0 Å². The van der Waals surface area contributed by atoms with E-state index in [0.29, 0.717) is 13.1 Å². The highest BCUT2D eigenvalue weighted by atomic mass is 16.4. The number of nitrogens with zero attached hydrogens (tertiary/aromatic N) is 1. The van der Waals surface area contributed by atoms with E-state index in [1.54, 1.807) is 0 Å². The lowest BCUT2D eigenvalue weighted by Crippen LogP contribution is -2.63. The van der Waals surface area contributed by atoms with Gasteiger partial charge >= 0.3 is 6.09 Å². The molecule has 1 fully saturated rings. The molecule has 0 aromatic rings. The van der Waals surface area contributed by atoms with Crippen molar-refractivity contribution >= 4 is 6.09 Å². The van der Waals surface area contributed by atoms with Crippen molar-refractivity contribution in [3.63, 3.8) is 0 Å². The second kappa shape index (κ2) is 4.10. The molecule has 0 spiro atoms. The molecule has 0 aromatic carbocycles. The highest BCUT2D eigenvalue weighted by Gasteiger charge is 2.48. The summed E-state index contributed by atoms with van der Waals surface area (Å²) in [6.45, 7) is 7.35. The molecule has 2 atom stereocenters. The first-order chi connectivity index (χ1) is 6.79. The smallest absolute Gasteiger partial charge is 0.435 e. The van der Waals surface area contributed by atoms with Crippen molar-refractivity contribution in [2.45, 2.75) is 51.6 Å². The highest BCUT2D eigenvalue weighted by Crippen LogP contribution is 2.29. The minimum atomic E-state index is -0.711. The third-order valence-corrected chi connectivity index (χ3v) is 3.65. The van der Waals surface area contributed by atoms with Gasteiger partial charge in [0.15, 0.2) is 0 Å². The Hall–Kier alpha value is -0.610. The van der Waals surface area contributed by atoms with Crippen LogP contribution in [0.2, 0.25) is 0 Å². The van der Waals surface area contributed by atoms with Gasteiger partial charge in [-0.05, 0) is 33.6 Å². The third kappa shape index (κ3) is 2.32. The number of carboxylic acid groups (broad SMARTS) is 1. The fraction of sp³-hybridized carbons (Fsp3) is 0.909. The number of carbonyl (C=O) groups is 1. The molecule has 0 aromatic heterocycles. The monoisotopic (exact) mass is 215 g/mol. The fourth-order valence-corrected chi connectivity index (χ4v) is 2.41. The summed E-state index contributed by atoms with van der Waals surface area (Å²) in [6.07, 6.45) is 1.95. The molecule has 0 aliphatic carbocycles. The van der Waals surface area contributed by atoms with Gasteiger partial charge in [-0.1, -0.05) is 0 Å². The second-order valence-electron chi connectivity index (χ2n) is 5.56. The second-order valence-corrected chi connectivity index (χ2v) is 5.56. The Labute approximate surface area is 91.6 Å². The first kappa shape index (κ1) is 12.5. The molecule has 0 saturated carbocycles. The van der Waals surface area contributed by atoms with Crippen molar-refractivity contribution in [1.29, 1.82) is 0 Å². The largest absolute Gasteiger partial charge is 0.513 e. The van der Waals surface area contributed by atoms with E-state index in [1.165, 1.54) is 0 Å². The summed E-state index contributed by atoms with van der Waals surface area (Å²) in [4.78, 5) is 11.5. The fourth-order valence-electron chi connectivity index (χ4n) is 2.41. The number of hydrogen-bond donors (Lipinski definition) is 2. The molecule has 88 valence electrons. The van der Waals surface area contributed by atoms with E-state index in [2.05, 4.69) is 0 Å². The van der Waals surface area contributed by atoms with Crippen LogP contribution in [0, 0.1) is 0 Å². The van der Waals surface area contributed by atoms with E-state index in [1.807, 2.05) is 20.8 Å². The van der Waals surface area contributed by atoms with E-state index in [-0.39, 0.29) is 16.1 Å². The van der Waals surface area contributed by atoms with Gasteiger partial charge in [0, 0.05) is 12.5 Å². The molecule has 1 amide bonds. The van der Waals surface area contributed by atoms with Crippen molar-refractivity contribution < 1.29 is 14.4 Å². The van der Waals surface area contributed by atoms with Gasteiger partial charge in [0.05, 0.1) is 13.1 Å². The minimum absolute atomic E-state index is 0.153. The Kier molecular flexibility index (Phi) is 3.41. The number of quaternary nitrogens is 1. The molecule has 1 saturated heterocycles. The summed E-state index contributed by atoms with van der Waals surface area (Å²) in [7, 11) is 0. The molecule has 3 N–H and O–H groups in total. The molecule has 1 rings (SSSR count). The molecule has 1 heterocycles. The van der Waals surface area contributed by atoms with Gasteiger partial charge in [-0.25, -0.2) is 4.48 Å². The Morgan fingerprint density at radius 2 is 1.93 bits per heavy atom. The van der Waals surface area contributed by atoms with Gasteiger partial charge < -0.3 is 10.8 Å². The summed E-state index contributed by atoms with van der Waals surface area (Å²) in [5.74, 6) is 0. The zero-order chi connectivity index (χ0) is 11.7. The Bertz CT molecular complexity index is 247. The van der Waals surface area contributed by atoms with Crippen LogP contribution in [0.25, 0.3) is 0 Å². The molecule has 4 nitrogen and oxygen atoms in total. The Morgan fingerprint density at radius 1 is 1.33 bits per heavy atom. The number of nitrogens with two attached hydrogens (primary N) is 1. The number of rotatable bonds is 0. The van der Waals surface area contributed by atoms with E-state index < -0.39 is 6.09 Å². The topological polar surface area (TPSA) is 63.3 Å². The molecule has 0 radical (unpaired) electrons. The summed E-state index contributed by atoms with van der Waals surface area (Å²) in [6, 6.07) is 0.173. The highest BCUT2D eigenvalue weighted by molar-refractivity contribution is 5.57. The molecule has 1 aliphatic rings. The van der Waals surface area contributed by atoms with Crippen LogP contribution < -0.4 is 5.73 Å². The Morgan fingerprint density at radius 3 is 2.40 bits per heavy atom. The van der Waals surface area contributed by atoms with Crippen LogP contribution >= 0.6 is 0 Å². The molecular formula is C11H23N2O2+. The van der Waals surface area contributed by atoms with Crippen molar-refractivity contribution in [2.24, 2.45) is 5.73 Å². The van der Waals surface area contributed by atoms with Crippen molar-refractivity contribution in [2.75, 3.05) is 13.1 Å². The quantitative estimate of drug-likeness (QED) is 0.605. The van der Waals surface area contributed by atoms with Crippen molar-refractivity contribution in [1.82, 2.24) is 0 Å². The number of hydrogen-bond acceptors (Lipinski definition) is 2. The van der Waals surface area contributed by atoms with E-state index in [0.717, 1.165) is 19.3 Å². The molecule has 4 heteroatoms. The van der Waals surface area contributed by atoms with Crippen LogP contribution in [-0.4, -0.2) is 40.4 Å². The van der Waals surface area contributed by atoms with Crippen LogP contribution in [0.1, 0.15) is 40.0 Å². The molecule has 15 heavy (non-hydrogen) atoms. The van der Waals surface area contributed by atoms with Crippen LogP contribution in [0.4, 0.5) is 4.79 Å². The van der Waals surface area contributed by atoms with Crippen molar-refractivity contribution in [3.8, 4) is 0 Å². The van der Waals surface area contributed by atoms with E-state index in [4.69, 9.17) is 5.73 Å². The summed E-state index contributed by atoms with van der Waals surface area (Å²) >= 11 is 0. The van der Waals surface area contributed by atoms with Gasteiger partial charge in [0.2, 0.25) is 0 Å². The van der Waals surface area contributed by atoms with Crippen LogP contribution in [0.15, 0.2) is 0 Å². The Balaban J connectivity index is 2.96. The molecule has 2 unspecified atom stereocenters. The maximum atomic E-state index is 11.5. The zero-order valence-electron chi connectivity index (χ0n) is 9.99. The predicted molar refractivity (Wildman–Crippen MR) is 59.6 cm³/mol. The van der Waals surface area contributed by atoms with Gasteiger partial charge in [-0.2, -0.15) is 4.79 Å². The third-order valence-electron chi connectivity index (χ3n) is 3.65. The van der Waals surface area contributed by atoms with E-state index >= 15 is 0 Å². The molecular weight excluding hydrogens is 192 g/mol. The zero-order valence-corrected chi connectivity index (χ0v) is 9.99. The summed E-state index contributed by atoms with van der Waals surface area (Å²) in [5.41, 5.74) is 5.64. The average Bonchev–Trinajstić information content (AvgIpc) is 2.26. The van der Waals surface area contributed by atoms with Gasteiger partial charge in [0.1, 0.15) is 5.54 Å². The first-order valence-corrected chi connectivity index (χ1v) is 5.66. The number of likely N-dealkylation sites (tertiary alicyclic amines) is 1. The average molecular weight is 215 g/mol. The van der Waals surface area contributed by atoms with Gasteiger partial charge in [0.25, 0.3) is 0 Å². The maximum Gasteiger partial charge on any atom is 0.513 e.